The third-order valence-electron chi connectivity index (χ3n) is 4.57. The summed E-state index contributed by atoms with van der Waals surface area (Å²) >= 11 is 0. The second-order valence-electron chi connectivity index (χ2n) is 8.61. The highest BCUT2D eigenvalue weighted by Gasteiger charge is 2.39. The number of carbonyl (C=O) groups excluding carboxylic acids is 2. The molecule has 35 heavy (non-hydrogen) atoms. The van der Waals surface area contributed by atoms with Crippen molar-refractivity contribution >= 4 is 23.4 Å². The van der Waals surface area contributed by atoms with Gasteiger partial charge in [0, 0.05) is 17.3 Å². The van der Waals surface area contributed by atoms with E-state index in [-0.39, 0.29) is 11.3 Å². The molecule has 0 aliphatic heterocycles. The minimum Gasteiger partial charge on any atom is -0.443 e. The summed E-state index contributed by atoms with van der Waals surface area (Å²) in [5.74, 6) is -0.853. The molecule has 1 heterocycles. The van der Waals surface area contributed by atoms with Gasteiger partial charge < -0.3 is 10.1 Å². The molecule has 0 aromatic carbocycles. The van der Waals surface area contributed by atoms with Crippen LogP contribution in [0.25, 0.3) is 0 Å². The first-order valence-corrected chi connectivity index (χ1v) is 10.4. The summed E-state index contributed by atoms with van der Waals surface area (Å²) in [5.41, 5.74) is -4.83. The van der Waals surface area contributed by atoms with Gasteiger partial charge in [0.15, 0.2) is 0 Å². The van der Waals surface area contributed by atoms with E-state index in [1.54, 1.807) is 6.08 Å². The maximum atomic E-state index is 13.4. The fourth-order valence-corrected chi connectivity index (χ4v) is 2.94. The number of imide groups is 1. The summed E-state index contributed by atoms with van der Waals surface area (Å²) in [7, 11) is 0. The Morgan fingerprint density at radius 2 is 1.83 bits per heavy atom. The number of nitrogens with zero attached hydrogens (tertiary/aromatic N) is 2. The van der Waals surface area contributed by atoms with E-state index in [1.165, 1.54) is 20.8 Å². The number of aromatic nitrogens is 1. The fourth-order valence-electron chi connectivity index (χ4n) is 2.94. The van der Waals surface area contributed by atoms with E-state index in [9.17, 15) is 35.9 Å². The van der Waals surface area contributed by atoms with Gasteiger partial charge in [0.25, 0.3) is 5.91 Å². The van der Waals surface area contributed by atoms with Crippen LogP contribution in [0.5, 0.6) is 0 Å². The Morgan fingerprint density at radius 1 is 1.17 bits per heavy atom. The zero-order valence-corrected chi connectivity index (χ0v) is 19.1. The Balaban J connectivity index is 2.39. The van der Waals surface area contributed by atoms with Gasteiger partial charge in [0.05, 0.1) is 18.4 Å². The van der Waals surface area contributed by atoms with Crippen molar-refractivity contribution in [3.63, 3.8) is 0 Å². The number of carbonyl (C=O) groups is 2. The number of nitrogens with one attached hydrogen (secondary N) is 2. The second kappa shape index (κ2) is 10.5. The lowest BCUT2D eigenvalue weighted by molar-refractivity contribution is -0.141. The SMILES string of the molecule is CC(C)(C)OC(=O)N(C/C(=C/Nc1ccc(C(F)(F)F)nc1)C(=N)C(F)(F)F)C(=O)C1=CCCC1. The molecular formula is C22H24F6N4O3. The molecule has 0 atom stereocenters. The number of rotatable bonds is 6. The van der Waals surface area contributed by atoms with E-state index in [1.807, 2.05) is 0 Å². The third-order valence-corrected chi connectivity index (χ3v) is 4.57. The number of hydrogen-bond acceptors (Lipinski definition) is 6. The van der Waals surface area contributed by atoms with E-state index in [0.717, 1.165) is 12.3 Å². The number of anilines is 1. The highest BCUT2D eigenvalue weighted by atomic mass is 19.4. The lowest BCUT2D eigenvalue weighted by Crippen LogP contribution is -2.44. The van der Waals surface area contributed by atoms with Gasteiger partial charge in [-0.05, 0) is 52.2 Å². The van der Waals surface area contributed by atoms with Gasteiger partial charge in [-0.15, -0.1) is 0 Å². The van der Waals surface area contributed by atoms with Gasteiger partial charge in [-0.25, -0.2) is 14.7 Å². The largest absolute Gasteiger partial charge is 0.443 e. The Hall–Kier alpha value is -3.38. The minimum absolute atomic E-state index is 0.112. The highest BCUT2D eigenvalue weighted by molar-refractivity contribution is 6.06. The number of allylic oxidation sites excluding steroid dienone is 1. The number of alkyl halides is 6. The van der Waals surface area contributed by atoms with E-state index < -0.39 is 53.5 Å². The molecule has 0 bridgehead atoms. The van der Waals surface area contributed by atoms with Gasteiger partial charge >= 0.3 is 18.4 Å². The van der Waals surface area contributed by atoms with Gasteiger partial charge in [0.2, 0.25) is 0 Å². The van der Waals surface area contributed by atoms with Crippen LogP contribution in [-0.2, 0) is 15.7 Å². The first-order chi connectivity index (χ1) is 16.0. The standard InChI is InChI=1S/C22H24F6N4O3/c1-20(2,3)35-19(34)32(18(33)13-6-4-5-7-13)12-14(17(29)22(26,27)28)10-30-15-8-9-16(31-11-15)21(23,24)25/h6,8-11,29-30H,4-5,7,12H2,1-3H3/b14-10-,29-17?. The summed E-state index contributed by atoms with van der Waals surface area (Å²) in [6.07, 6.45) is -6.52. The van der Waals surface area contributed by atoms with Crippen LogP contribution in [0.3, 0.4) is 0 Å². The molecule has 2 amide bonds. The van der Waals surface area contributed by atoms with Crippen molar-refractivity contribution in [1.82, 2.24) is 9.88 Å². The molecule has 13 heteroatoms. The van der Waals surface area contributed by atoms with E-state index in [2.05, 4.69) is 10.3 Å². The smallest absolute Gasteiger partial charge is 0.433 e. The lowest BCUT2D eigenvalue weighted by Gasteiger charge is -2.27. The highest BCUT2D eigenvalue weighted by Crippen LogP contribution is 2.28. The Labute approximate surface area is 197 Å². The average Bonchev–Trinajstić information content (AvgIpc) is 3.25. The van der Waals surface area contributed by atoms with Crippen molar-refractivity contribution in [2.24, 2.45) is 0 Å². The summed E-state index contributed by atoms with van der Waals surface area (Å²) in [6.45, 7) is 3.56. The minimum atomic E-state index is -5.14. The van der Waals surface area contributed by atoms with Crippen LogP contribution >= 0.6 is 0 Å². The van der Waals surface area contributed by atoms with Gasteiger partial charge in [-0.3, -0.25) is 10.2 Å². The van der Waals surface area contributed by atoms with Crippen molar-refractivity contribution in [2.75, 3.05) is 11.9 Å². The van der Waals surface area contributed by atoms with Crippen molar-refractivity contribution in [1.29, 1.82) is 5.41 Å². The molecule has 0 fully saturated rings. The molecular weight excluding hydrogens is 482 g/mol. The molecule has 1 aliphatic rings. The first kappa shape index (κ1) is 27.9. The molecule has 1 aliphatic carbocycles. The molecule has 7 nitrogen and oxygen atoms in total. The number of pyridine rings is 1. The van der Waals surface area contributed by atoms with Gasteiger partial charge in [0.1, 0.15) is 17.0 Å². The molecule has 0 spiro atoms. The monoisotopic (exact) mass is 506 g/mol. The van der Waals surface area contributed by atoms with Crippen molar-refractivity contribution < 1.29 is 40.7 Å². The quantitative estimate of drug-likeness (QED) is 0.373. The molecule has 0 saturated carbocycles. The van der Waals surface area contributed by atoms with Crippen molar-refractivity contribution in [3.8, 4) is 0 Å². The van der Waals surface area contributed by atoms with Crippen LogP contribution in [0.15, 0.2) is 41.8 Å². The predicted molar refractivity (Wildman–Crippen MR) is 115 cm³/mol. The molecule has 0 saturated heterocycles. The molecule has 0 unspecified atom stereocenters. The first-order valence-electron chi connectivity index (χ1n) is 10.4. The number of halogens is 6. The molecule has 1 aromatic heterocycles. The second-order valence-corrected chi connectivity index (χ2v) is 8.61. The summed E-state index contributed by atoms with van der Waals surface area (Å²) in [5, 5.41) is 9.88. The zero-order chi connectivity index (χ0) is 26.6. The van der Waals surface area contributed by atoms with E-state index >= 15 is 0 Å². The maximum Gasteiger partial charge on any atom is 0.433 e. The predicted octanol–water partition coefficient (Wildman–Crippen LogP) is 5.85. The van der Waals surface area contributed by atoms with Crippen molar-refractivity contribution in [3.05, 3.63) is 47.4 Å². The summed E-state index contributed by atoms with van der Waals surface area (Å²) in [4.78, 5) is 29.3. The van der Waals surface area contributed by atoms with E-state index in [4.69, 9.17) is 10.1 Å². The summed E-state index contributed by atoms with van der Waals surface area (Å²) in [6, 6.07) is 1.55. The molecule has 2 N–H and O–H groups in total. The van der Waals surface area contributed by atoms with Crippen LogP contribution in [0.1, 0.15) is 45.7 Å². The average molecular weight is 506 g/mol. The zero-order valence-electron chi connectivity index (χ0n) is 19.1. The van der Waals surface area contributed by atoms with Crippen LogP contribution in [-0.4, -0.2) is 45.9 Å². The van der Waals surface area contributed by atoms with Gasteiger partial charge in [-0.1, -0.05) is 6.08 Å². The molecule has 192 valence electrons. The van der Waals surface area contributed by atoms with E-state index in [0.29, 0.717) is 36.4 Å². The summed E-state index contributed by atoms with van der Waals surface area (Å²) < 4.78 is 83.3. The topological polar surface area (TPSA) is 95.4 Å². The Kier molecular flexibility index (Phi) is 8.35. The van der Waals surface area contributed by atoms with Crippen LogP contribution in [0.4, 0.5) is 36.8 Å². The number of hydrogen-bond donors (Lipinski definition) is 2. The normalized spacial score (nSPS) is 14.9. The van der Waals surface area contributed by atoms with Crippen LogP contribution in [0.2, 0.25) is 0 Å². The number of amides is 2. The van der Waals surface area contributed by atoms with Crippen LogP contribution in [0, 0.1) is 5.41 Å². The lowest BCUT2D eigenvalue weighted by atomic mass is 10.1. The fraction of sp³-hybridized carbons (Fsp3) is 0.455. The third kappa shape index (κ3) is 8.11. The Bertz CT molecular complexity index is 1020. The molecule has 2 rings (SSSR count). The Morgan fingerprint density at radius 3 is 2.29 bits per heavy atom. The van der Waals surface area contributed by atoms with Crippen LogP contribution < -0.4 is 5.32 Å². The molecule has 1 aromatic rings. The maximum absolute atomic E-state index is 13.4. The van der Waals surface area contributed by atoms with Gasteiger partial charge in [-0.2, -0.15) is 26.3 Å². The molecule has 0 radical (unpaired) electrons. The number of ether oxygens (including phenoxy) is 1. The van der Waals surface area contributed by atoms with Crippen molar-refractivity contribution in [2.45, 2.75) is 58.0 Å².